The van der Waals surface area contributed by atoms with E-state index in [0.29, 0.717) is 6.54 Å². The van der Waals surface area contributed by atoms with Gasteiger partial charge in [-0.1, -0.05) is 36.4 Å². The molecular formula is C21H25N3O4. The highest BCUT2D eigenvalue weighted by Gasteiger charge is 2.18. The molecule has 0 bridgehead atoms. The Kier molecular flexibility index (Phi) is 7.71. The first-order chi connectivity index (χ1) is 13.4. The van der Waals surface area contributed by atoms with E-state index >= 15 is 0 Å². The van der Waals surface area contributed by atoms with Crippen LogP contribution >= 0.6 is 0 Å². The van der Waals surface area contributed by atoms with Crippen molar-refractivity contribution in [1.29, 1.82) is 0 Å². The largest absolute Gasteiger partial charge is 0.382 e. The van der Waals surface area contributed by atoms with E-state index in [2.05, 4.69) is 16.0 Å². The molecule has 7 nitrogen and oxygen atoms in total. The predicted molar refractivity (Wildman–Crippen MR) is 108 cm³/mol. The lowest BCUT2D eigenvalue weighted by atomic mass is 10.0. The lowest BCUT2D eigenvalue weighted by Crippen LogP contribution is -2.48. The maximum atomic E-state index is 12.2. The number of carbonyl (C=O) groups is 3. The molecule has 0 fully saturated rings. The number of carbonyl (C=O) groups excluding carboxylic acids is 3. The minimum atomic E-state index is -0.724. The van der Waals surface area contributed by atoms with E-state index in [-0.39, 0.29) is 24.3 Å². The van der Waals surface area contributed by atoms with Crippen molar-refractivity contribution in [2.75, 3.05) is 19.0 Å². The molecule has 3 N–H and O–H groups in total. The van der Waals surface area contributed by atoms with E-state index in [9.17, 15) is 14.4 Å². The number of hydrogen-bond acceptors (Lipinski definition) is 4. The molecule has 148 valence electrons. The first kappa shape index (κ1) is 21.1. The van der Waals surface area contributed by atoms with Gasteiger partial charge in [-0.3, -0.25) is 14.4 Å². The third kappa shape index (κ3) is 6.51. The molecule has 0 spiro atoms. The normalized spacial score (nSPS) is 11.4. The van der Waals surface area contributed by atoms with E-state index in [1.165, 1.54) is 21.0 Å². The Morgan fingerprint density at radius 3 is 2.29 bits per heavy atom. The Balaban J connectivity index is 2.00. The average Bonchev–Trinajstić information content (AvgIpc) is 2.65. The SMILES string of the molecule is COC[C@@H](NC(C)=O)C(=O)NCc1ccc(-c2cccc(NC(C)=O)c2)cc1. The van der Waals surface area contributed by atoms with Gasteiger partial charge in [-0.25, -0.2) is 0 Å². The van der Waals surface area contributed by atoms with E-state index in [1.807, 2.05) is 48.5 Å². The van der Waals surface area contributed by atoms with E-state index in [0.717, 1.165) is 22.4 Å². The van der Waals surface area contributed by atoms with Gasteiger partial charge in [-0.05, 0) is 28.8 Å². The van der Waals surface area contributed by atoms with Crippen molar-refractivity contribution in [2.45, 2.75) is 26.4 Å². The molecule has 0 radical (unpaired) electrons. The number of benzene rings is 2. The van der Waals surface area contributed by atoms with Crippen molar-refractivity contribution >= 4 is 23.4 Å². The van der Waals surface area contributed by atoms with Crippen LogP contribution < -0.4 is 16.0 Å². The Bertz CT molecular complexity index is 834. The second kappa shape index (κ2) is 10.2. The summed E-state index contributed by atoms with van der Waals surface area (Å²) in [6.45, 7) is 3.27. The highest BCUT2D eigenvalue weighted by atomic mass is 16.5. The smallest absolute Gasteiger partial charge is 0.245 e. The van der Waals surface area contributed by atoms with Gasteiger partial charge in [0.2, 0.25) is 17.7 Å². The van der Waals surface area contributed by atoms with Crippen LogP contribution in [0.2, 0.25) is 0 Å². The standard InChI is InChI=1S/C21H25N3O4/c1-14(25)23-19-6-4-5-18(11-19)17-9-7-16(8-10-17)12-22-21(27)20(13-28-3)24-15(2)26/h4-11,20H,12-13H2,1-3H3,(H,22,27)(H,23,25)(H,24,26)/t20-/m1/s1. The third-order valence-electron chi connectivity index (χ3n) is 3.96. The Morgan fingerprint density at radius 1 is 0.964 bits per heavy atom. The van der Waals surface area contributed by atoms with Gasteiger partial charge in [0.05, 0.1) is 6.61 Å². The second-order valence-corrected chi connectivity index (χ2v) is 6.39. The number of ether oxygens (including phenoxy) is 1. The Hall–Kier alpha value is -3.19. The summed E-state index contributed by atoms with van der Waals surface area (Å²) >= 11 is 0. The molecule has 1 atom stereocenters. The van der Waals surface area contributed by atoms with Crippen molar-refractivity contribution in [3.63, 3.8) is 0 Å². The summed E-state index contributed by atoms with van der Waals surface area (Å²) in [6, 6.07) is 14.6. The minimum absolute atomic E-state index is 0.106. The number of nitrogens with one attached hydrogen (secondary N) is 3. The molecule has 3 amide bonds. The molecule has 0 aliphatic heterocycles. The highest BCUT2D eigenvalue weighted by Crippen LogP contribution is 2.23. The van der Waals surface area contributed by atoms with Crippen LogP contribution in [0.1, 0.15) is 19.4 Å². The lowest BCUT2D eigenvalue weighted by molar-refractivity contribution is -0.129. The van der Waals surface area contributed by atoms with Gasteiger partial charge < -0.3 is 20.7 Å². The molecular weight excluding hydrogens is 358 g/mol. The summed E-state index contributed by atoms with van der Waals surface area (Å²) in [5, 5.41) is 8.13. The fraction of sp³-hybridized carbons (Fsp3) is 0.286. The topological polar surface area (TPSA) is 96.5 Å². The molecule has 0 heterocycles. The predicted octanol–water partition coefficient (Wildman–Crippen LogP) is 2.08. The Labute approximate surface area is 164 Å². The molecule has 0 unspecified atom stereocenters. The molecule has 0 aliphatic rings. The van der Waals surface area contributed by atoms with Crippen molar-refractivity contribution in [2.24, 2.45) is 0 Å². The first-order valence-electron chi connectivity index (χ1n) is 8.89. The molecule has 0 aliphatic carbocycles. The highest BCUT2D eigenvalue weighted by molar-refractivity contribution is 5.89. The molecule has 2 aromatic rings. The molecule has 0 saturated carbocycles. The van der Waals surface area contributed by atoms with Crippen LogP contribution in [0.3, 0.4) is 0 Å². The number of hydrogen-bond donors (Lipinski definition) is 3. The number of anilines is 1. The van der Waals surface area contributed by atoms with Gasteiger partial charge in [-0.15, -0.1) is 0 Å². The van der Waals surface area contributed by atoms with Gasteiger partial charge >= 0.3 is 0 Å². The molecule has 0 saturated heterocycles. The van der Waals surface area contributed by atoms with Gasteiger partial charge in [-0.2, -0.15) is 0 Å². The fourth-order valence-corrected chi connectivity index (χ4v) is 2.70. The minimum Gasteiger partial charge on any atom is -0.382 e. The summed E-state index contributed by atoms with van der Waals surface area (Å²) in [4.78, 5) is 34.6. The van der Waals surface area contributed by atoms with Crippen LogP contribution in [0.15, 0.2) is 48.5 Å². The molecule has 7 heteroatoms. The van der Waals surface area contributed by atoms with Gasteiger partial charge in [0.25, 0.3) is 0 Å². The molecule has 2 aromatic carbocycles. The van der Waals surface area contributed by atoms with Gasteiger partial charge in [0.1, 0.15) is 6.04 Å². The van der Waals surface area contributed by atoms with E-state index in [1.54, 1.807) is 0 Å². The monoisotopic (exact) mass is 383 g/mol. The van der Waals surface area contributed by atoms with Crippen molar-refractivity contribution in [1.82, 2.24) is 10.6 Å². The van der Waals surface area contributed by atoms with E-state index < -0.39 is 6.04 Å². The van der Waals surface area contributed by atoms with Crippen molar-refractivity contribution in [3.05, 3.63) is 54.1 Å². The zero-order valence-corrected chi connectivity index (χ0v) is 16.2. The zero-order chi connectivity index (χ0) is 20.5. The second-order valence-electron chi connectivity index (χ2n) is 6.39. The number of amides is 3. The fourth-order valence-electron chi connectivity index (χ4n) is 2.70. The maximum Gasteiger partial charge on any atom is 0.245 e. The summed E-state index contributed by atoms with van der Waals surface area (Å²) in [5.41, 5.74) is 3.64. The van der Waals surface area contributed by atoms with Crippen molar-refractivity contribution < 1.29 is 19.1 Å². The van der Waals surface area contributed by atoms with E-state index in [4.69, 9.17) is 4.74 Å². The quantitative estimate of drug-likeness (QED) is 0.650. The number of methoxy groups -OCH3 is 1. The molecule has 0 aromatic heterocycles. The van der Waals surface area contributed by atoms with Crippen LogP contribution in [0.5, 0.6) is 0 Å². The molecule has 2 rings (SSSR count). The third-order valence-corrected chi connectivity index (χ3v) is 3.96. The lowest BCUT2D eigenvalue weighted by Gasteiger charge is -2.16. The van der Waals surface area contributed by atoms with Crippen LogP contribution in [0.25, 0.3) is 11.1 Å². The van der Waals surface area contributed by atoms with Gasteiger partial charge in [0.15, 0.2) is 0 Å². The van der Waals surface area contributed by atoms with Gasteiger partial charge in [0, 0.05) is 33.2 Å². The van der Waals surface area contributed by atoms with Crippen LogP contribution in [0, 0.1) is 0 Å². The van der Waals surface area contributed by atoms with Crippen LogP contribution in [-0.2, 0) is 25.7 Å². The first-order valence-corrected chi connectivity index (χ1v) is 8.89. The summed E-state index contributed by atoms with van der Waals surface area (Å²) in [6.07, 6.45) is 0. The van der Waals surface area contributed by atoms with Crippen LogP contribution in [-0.4, -0.2) is 37.5 Å². The molecule has 28 heavy (non-hydrogen) atoms. The van der Waals surface area contributed by atoms with Crippen LogP contribution in [0.4, 0.5) is 5.69 Å². The summed E-state index contributed by atoms with van der Waals surface area (Å²) in [5.74, 6) is -0.707. The summed E-state index contributed by atoms with van der Waals surface area (Å²) < 4.78 is 4.97. The maximum absolute atomic E-state index is 12.2. The van der Waals surface area contributed by atoms with Crippen molar-refractivity contribution in [3.8, 4) is 11.1 Å². The zero-order valence-electron chi connectivity index (χ0n) is 16.2. The average molecular weight is 383 g/mol. The summed E-state index contributed by atoms with van der Waals surface area (Å²) in [7, 11) is 1.47. The Morgan fingerprint density at radius 2 is 1.68 bits per heavy atom. The number of rotatable bonds is 8.